The molecular formula is C14H21ClN2O. The van der Waals surface area contributed by atoms with E-state index in [1.165, 1.54) is 0 Å². The molecule has 3 nitrogen and oxygen atoms in total. The summed E-state index contributed by atoms with van der Waals surface area (Å²) in [5, 5.41) is 3.68. The number of benzene rings is 1. The molecule has 0 radical (unpaired) electrons. The number of halogens is 1. The van der Waals surface area contributed by atoms with Crippen LogP contribution in [0.15, 0.2) is 24.3 Å². The molecule has 2 atom stereocenters. The Morgan fingerprint density at radius 2 is 2.17 bits per heavy atom. The van der Waals surface area contributed by atoms with Crippen LogP contribution in [0.5, 0.6) is 0 Å². The molecule has 0 fully saturated rings. The molecule has 1 aromatic rings. The van der Waals surface area contributed by atoms with Crippen LogP contribution in [0.3, 0.4) is 0 Å². The third-order valence-corrected chi connectivity index (χ3v) is 3.23. The lowest BCUT2D eigenvalue weighted by molar-refractivity contribution is -0.125. The second-order valence-corrected chi connectivity index (χ2v) is 5.05. The maximum absolute atomic E-state index is 11.9. The van der Waals surface area contributed by atoms with Crippen molar-refractivity contribution in [1.82, 2.24) is 5.32 Å². The van der Waals surface area contributed by atoms with Crippen molar-refractivity contribution in [2.45, 2.75) is 32.7 Å². The maximum Gasteiger partial charge on any atom is 0.223 e. The Bertz CT molecular complexity index is 395. The average Bonchev–Trinajstić information content (AvgIpc) is 2.35. The van der Waals surface area contributed by atoms with Gasteiger partial charge in [-0.15, -0.1) is 0 Å². The van der Waals surface area contributed by atoms with Crippen molar-refractivity contribution < 1.29 is 4.79 Å². The molecule has 0 heterocycles. The zero-order chi connectivity index (χ0) is 13.5. The van der Waals surface area contributed by atoms with Gasteiger partial charge in [-0.25, -0.2) is 0 Å². The predicted molar refractivity (Wildman–Crippen MR) is 75.5 cm³/mol. The molecule has 0 aromatic heterocycles. The standard InChI is InChI=1S/C14H21ClN2O/c1-10(5-4-8-16)14(18)17-11(2)12-6-3-7-13(15)9-12/h3,6-7,9-11H,4-5,8,16H2,1-2H3,(H,17,18)/t10?,11-/m1/s1. The first-order valence-corrected chi connectivity index (χ1v) is 6.68. The highest BCUT2D eigenvalue weighted by atomic mass is 35.5. The molecule has 0 saturated carbocycles. The van der Waals surface area contributed by atoms with Crippen molar-refractivity contribution in [1.29, 1.82) is 0 Å². The highest BCUT2D eigenvalue weighted by Crippen LogP contribution is 2.18. The SMILES string of the molecule is CC(CCCN)C(=O)N[C@H](C)c1cccc(Cl)c1. The smallest absolute Gasteiger partial charge is 0.223 e. The molecule has 0 aliphatic carbocycles. The molecule has 1 rings (SSSR count). The predicted octanol–water partition coefficient (Wildman–Crippen LogP) is 2.89. The van der Waals surface area contributed by atoms with Crippen LogP contribution >= 0.6 is 11.6 Å². The van der Waals surface area contributed by atoms with Crippen LogP contribution < -0.4 is 11.1 Å². The molecule has 1 unspecified atom stereocenters. The van der Waals surface area contributed by atoms with E-state index >= 15 is 0 Å². The first kappa shape index (κ1) is 15.0. The summed E-state index contributed by atoms with van der Waals surface area (Å²) in [6.45, 7) is 4.51. The zero-order valence-electron chi connectivity index (χ0n) is 10.9. The highest BCUT2D eigenvalue weighted by molar-refractivity contribution is 6.30. The molecule has 0 aliphatic heterocycles. The number of nitrogens with one attached hydrogen (secondary N) is 1. The van der Waals surface area contributed by atoms with Crippen molar-refractivity contribution in [2.75, 3.05) is 6.54 Å². The molecule has 100 valence electrons. The van der Waals surface area contributed by atoms with Crippen LogP contribution in [0.4, 0.5) is 0 Å². The van der Waals surface area contributed by atoms with Gasteiger partial charge in [0.25, 0.3) is 0 Å². The fraction of sp³-hybridized carbons (Fsp3) is 0.500. The second-order valence-electron chi connectivity index (χ2n) is 4.62. The van der Waals surface area contributed by atoms with Gasteiger partial charge in [0, 0.05) is 10.9 Å². The number of rotatable bonds is 6. The maximum atomic E-state index is 11.9. The number of carbonyl (C=O) groups excluding carboxylic acids is 1. The summed E-state index contributed by atoms with van der Waals surface area (Å²) in [4.78, 5) is 11.9. The minimum Gasteiger partial charge on any atom is -0.349 e. The molecule has 1 amide bonds. The molecule has 4 heteroatoms. The van der Waals surface area contributed by atoms with Crippen LogP contribution in [0, 0.1) is 5.92 Å². The summed E-state index contributed by atoms with van der Waals surface area (Å²) in [7, 11) is 0. The summed E-state index contributed by atoms with van der Waals surface area (Å²) < 4.78 is 0. The molecule has 3 N–H and O–H groups in total. The molecule has 1 aromatic carbocycles. The van der Waals surface area contributed by atoms with Gasteiger partial charge in [0.15, 0.2) is 0 Å². The quantitative estimate of drug-likeness (QED) is 0.834. The Balaban J connectivity index is 2.54. The average molecular weight is 269 g/mol. The van der Waals surface area contributed by atoms with Gasteiger partial charge in [-0.3, -0.25) is 4.79 Å². The first-order chi connectivity index (χ1) is 8.54. The summed E-state index contributed by atoms with van der Waals surface area (Å²) in [5.74, 6) is 0.0612. The largest absolute Gasteiger partial charge is 0.349 e. The Hall–Kier alpha value is -1.06. The van der Waals surface area contributed by atoms with Crippen molar-refractivity contribution in [3.63, 3.8) is 0 Å². The third kappa shape index (κ3) is 4.67. The van der Waals surface area contributed by atoms with Crippen LogP contribution in [-0.4, -0.2) is 12.5 Å². The van der Waals surface area contributed by atoms with Crippen LogP contribution in [0.2, 0.25) is 5.02 Å². The van der Waals surface area contributed by atoms with Gasteiger partial charge in [0.05, 0.1) is 6.04 Å². The zero-order valence-corrected chi connectivity index (χ0v) is 11.7. The van der Waals surface area contributed by atoms with Gasteiger partial charge in [0.2, 0.25) is 5.91 Å². The Labute approximate surface area is 114 Å². The van der Waals surface area contributed by atoms with E-state index < -0.39 is 0 Å². The van der Waals surface area contributed by atoms with Gasteiger partial charge >= 0.3 is 0 Å². The van der Waals surface area contributed by atoms with Gasteiger partial charge in [-0.05, 0) is 44.0 Å². The summed E-state index contributed by atoms with van der Waals surface area (Å²) in [6.07, 6.45) is 1.70. The number of amides is 1. The number of carbonyl (C=O) groups is 1. The van der Waals surface area contributed by atoms with Gasteiger partial charge < -0.3 is 11.1 Å². The second kappa shape index (κ2) is 7.39. The van der Waals surface area contributed by atoms with Crippen LogP contribution in [0.1, 0.15) is 38.3 Å². The first-order valence-electron chi connectivity index (χ1n) is 6.30. The minimum absolute atomic E-state index is 0.00446. The number of nitrogens with two attached hydrogens (primary N) is 1. The summed E-state index contributed by atoms with van der Waals surface area (Å²) >= 11 is 5.93. The van der Waals surface area contributed by atoms with Crippen molar-refractivity contribution in [2.24, 2.45) is 11.7 Å². The number of hydrogen-bond donors (Lipinski definition) is 2. The lowest BCUT2D eigenvalue weighted by atomic mass is 10.0. The van der Waals surface area contributed by atoms with Crippen LogP contribution in [-0.2, 0) is 4.79 Å². The van der Waals surface area contributed by atoms with E-state index in [4.69, 9.17) is 17.3 Å². The third-order valence-electron chi connectivity index (χ3n) is 3.00. The van der Waals surface area contributed by atoms with Gasteiger partial charge in [-0.1, -0.05) is 30.7 Å². The minimum atomic E-state index is -0.0310. The van der Waals surface area contributed by atoms with E-state index in [2.05, 4.69) is 5.32 Å². The molecule has 0 saturated heterocycles. The lowest BCUT2D eigenvalue weighted by Gasteiger charge is -2.18. The van der Waals surface area contributed by atoms with Gasteiger partial charge in [-0.2, -0.15) is 0 Å². The molecule has 0 aliphatic rings. The fourth-order valence-corrected chi connectivity index (χ4v) is 1.97. The van der Waals surface area contributed by atoms with E-state index in [1.54, 1.807) is 0 Å². The Kier molecular flexibility index (Phi) is 6.16. The highest BCUT2D eigenvalue weighted by Gasteiger charge is 2.15. The molecule has 0 bridgehead atoms. The van der Waals surface area contributed by atoms with E-state index in [0.29, 0.717) is 11.6 Å². The van der Waals surface area contributed by atoms with E-state index in [-0.39, 0.29) is 17.9 Å². The van der Waals surface area contributed by atoms with Crippen LogP contribution in [0.25, 0.3) is 0 Å². The molecular weight excluding hydrogens is 248 g/mol. The van der Waals surface area contributed by atoms with Crippen molar-refractivity contribution in [3.05, 3.63) is 34.9 Å². The molecule has 0 spiro atoms. The van der Waals surface area contributed by atoms with Gasteiger partial charge in [0.1, 0.15) is 0 Å². The normalized spacial score (nSPS) is 14.0. The fourth-order valence-electron chi connectivity index (χ4n) is 1.77. The lowest BCUT2D eigenvalue weighted by Crippen LogP contribution is -2.31. The Morgan fingerprint density at radius 1 is 1.44 bits per heavy atom. The van der Waals surface area contributed by atoms with E-state index in [0.717, 1.165) is 18.4 Å². The Morgan fingerprint density at radius 3 is 2.78 bits per heavy atom. The van der Waals surface area contributed by atoms with E-state index in [9.17, 15) is 4.79 Å². The van der Waals surface area contributed by atoms with Crippen molar-refractivity contribution in [3.8, 4) is 0 Å². The monoisotopic (exact) mass is 268 g/mol. The summed E-state index contributed by atoms with van der Waals surface area (Å²) in [6, 6.07) is 7.51. The van der Waals surface area contributed by atoms with E-state index in [1.807, 2.05) is 38.1 Å². The van der Waals surface area contributed by atoms with Crippen molar-refractivity contribution >= 4 is 17.5 Å². The molecule has 18 heavy (non-hydrogen) atoms. The summed E-state index contributed by atoms with van der Waals surface area (Å²) in [5.41, 5.74) is 6.46. The number of hydrogen-bond acceptors (Lipinski definition) is 2. The topological polar surface area (TPSA) is 55.1 Å².